The van der Waals surface area contributed by atoms with Crippen molar-refractivity contribution in [3.8, 4) is 0 Å². The number of carbonyl (C=O) groups is 2. The van der Waals surface area contributed by atoms with E-state index < -0.39 is 5.97 Å². The fourth-order valence-electron chi connectivity index (χ4n) is 2.42. The highest BCUT2D eigenvalue weighted by molar-refractivity contribution is 5.95. The second-order valence-electron chi connectivity index (χ2n) is 5.03. The maximum atomic E-state index is 12.4. The molecule has 1 aliphatic rings. The Morgan fingerprint density at radius 2 is 2.00 bits per heavy atom. The molecule has 22 heavy (non-hydrogen) atoms. The molecule has 0 radical (unpaired) electrons. The third-order valence-electron chi connectivity index (χ3n) is 3.58. The molecule has 1 aliphatic heterocycles. The summed E-state index contributed by atoms with van der Waals surface area (Å²) in [6.45, 7) is 1.29. The van der Waals surface area contributed by atoms with Gasteiger partial charge in [-0.15, -0.1) is 0 Å². The Bertz CT molecular complexity index is 679. The number of rotatable bonds is 3. The van der Waals surface area contributed by atoms with Gasteiger partial charge in [-0.3, -0.25) is 4.79 Å². The van der Waals surface area contributed by atoms with Crippen molar-refractivity contribution in [2.45, 2.75) is 6.10 Å². The maximum absolute atomic E-state index is 12.4. The number of morpholine rings is 1. The van der Waals surface area contributed by atoms with Crippen LogP contribution >= 0.6 is 0 Å². The van der Waals surface area contributed by atoms with Crippen LogP contribution in [0.3, 0.4) is 0 Å². The van der Waals surface area contributed by atoms with Gasteiger partial charge in [0, 0.05) is 12.6 Å². The molecule has 114 valence electrons. The van der Waals surface area contributed by atoms with Crippen LogP contribution in [0.4, 0.5) is 0 Å². The van der Waals surface area contributed by atoms with Crippen LogP contribution in [0.25, 0.3) is 0 Å². The van der Waals surface area contributed by atoms with Crippen molar-refractivity contribution < 1.29 is 23.8 Å². The van der Waals surface area contributed by atoms with Crippen molar-refractivity contribution >= 4 is 11.9 Å². The Morgan fingerprint density at radius 1 is 1.23 bits per heavy atom. The first-order valence-corrected chi connectivity index (χ1v) is 6.93. The molecule has 0 aliphatic carbocycles. The number of furan rings is 1. The highest BCUT2D eigenvalue weighted by Gasteiger charge is 2.28. The Morgan fingerprint density at radius 3 is 2.68 bits per heavy atom. The van der Waals surface area contributed by atoms with E-state index in [0.717, 1.165) is 11.8 Å². The van der Waals surface area contributed by atoms with E-state index in [1.54, 1.807) is 4.90 Å². The summed E-state index contributed by atoms with van der Waals surface area (Å²) in [6, 6.07) is 10.9. The van der Waals surface area contributed by atoms with E-state index in [1.165, 1.54) is 6.07 Å². The number of aromatic carboxylic acids is 1. The summed E-state index contributed by atoms with van der Waals surface area (Å²) in [7, 11) is 0. The lowest BCUT2D eigenvalue weighted by Crippen LogP contribution is -2.42. The minimum absolute atomic E-state index is 0.0313. The number of ether oxygens (including phenoxy) is 1. The summed E-state index contributed by atoms with van der Waals surface area (Å²) in [5.74, 6) is -1.41. The first-order valence-electron chi connectivity index (χ1n) is 6.93. The molecule has 1 saturated heterocycles. The van der Waals surface area contributed by atoms with Crippen LogP contribution in [0.2, 0.25) is 0 Å². The number of hydrogen-bond donors (Lipinski definition) is 1. The molecule has 2 heterocycles. The molecule has 1 aromatic heterocycles. The normalized spacial score (nSPS) is 18.2. The molecule has 1 amide bonds. The molecule has 1 fully saturated rings. The van der Waals surface area contributed by atoms with Crippen LogP contribution in [0, 0.1) is 0 Å². The lowest BCUT2D eigenvalue weighted by molar-refractivity contribution is -0.0237. The summed E-state index contributed by atoms with van der Waals surface area (Å²) in [5, 5.41) is 8.88. The van der Waals surface area contributed by atoms with E-state index in [-0.39, 0.29) is 23.3 Å². The molecule has 0 saturated carbocycles. The summed E-state index contributed by atoms with van der Waals surface area (Å²) >= 11 is 0. The van der Waals surface area contributed by atoms with Gasteiger partial charge in [-0.05, 0) is 5.56 Å². The zero-order chi connectivity index (χ0) is 15.5. The van der Waals surface area contributed by atoms with Crippen LogP contribution in [0.5, 0.6) is 0 Å². The first-order chi connectivity index (χ1) is 10.6. The molecule has 0 spiro atoms. The van der Waals surface area contributed by atoms with Crippen molar-refractivity contribution in [1.82, 2.24) is 4.90 Å². The number of carboxylic acid groups (broad SMARTS) is 1. The van der Waals surface area contributed by atoms with Gasteiger partial charge < -0.3 is 19.2 Å². The molecule has 1 aromatic carbocycles. The van der Waals surface area contributed by atoms with E-state index in [9.17, 15) is 9.59 Å². The number of benzene rings is 1. The number of amides is 1. The first kappa shape index (κ1) is 14.3. The van der Waals surface area contributed by atoms with E-state index in [0.29, 0.717) is 19.7 Å². The van der Waals surface area contributed by atoms with Gasteiger partial charge in [0.15, 0.2) is 5.76 Å². The highest BCUT2D eigenvalue weighted by atomic mass is 16.5. The van der Waals surface area contributed by atoms with E-state index in [1.807, 2.05) is 30.3 Å². The summed E-state index contributed by atoms with van der Waals surface area (Å²) < 4.78 is 10.8. The third-order valence-corrected chi connectivity index (χ3v) is 3.58. The predicted octanol–water partition coefficient (Wildman–Crippen LogP) is 2.19. The second-order valence-corrected chi connectivity index (χ2v) is 5.03. The second kappa shape index (κ2) is 6.03. The zero-order valence-electron chi connectivity index (χ0n) is 11.8. The van der Waals surface area contributed by atoms with Crippen molar-refractivity contribution in [1.29, 1.82) is 0 Å². The van der Waals surface area contributed by atoms with E-state index in [4.69, 9.17) is 14.3 Å². The molecule has 0 bridgehead atoms. The number of hydrogen-bond acceptors (Lipinski definition) is 4. The molecule has 1 N–H and O–H groups in total. The van der Waals surface area contributed by atoms with Gasteiger partial charge in [0.25, 0.3) is 5.91 Å². The average Bonchev–Trinajstić information content (AvgIpc) is 3.05. The molecular formula is C16H15NO5. The maximum Gasteiger partial charge on any atom is 0.338 e. The van der Waals surface area contributed by atoms with Gasteiger partial charge in [0.1, 0.15) is 12.4 Å². The fourth-order valence-corrected chi connectivity index (χ4v) is 2.42. The standard InChI is InChI=1S/C16H15NO5/c18-15(13-8-12(10-22-13)16(19)20)17-6-7-21-14(9-17)11-4-2-1-3-5-11/h1-5,8,10,14H,6-7,9H2,(H,19,20). The zero-order valence-corrected chi connectivity index (χ0v) is 11.8. The molecule has 1 atom stereocenters. The minimum Gasteiger partial charge on any atom is -0.478 e. The number of carbonyl (C=O) groups excluding carboxylic acids is 1. The smallest absolute Gasteiger partial charge is 0.338 e. The SMILES string of the molecule is O=C(O)c1coc(C(=O)N2CCOC(c3ccccc3)C2)c1. The Balaban J connectivity index is 1.73. The lowest BCUT2D eigenvalue weighted by atomic mass is 10.1. The van der Waals surface area contributed by atoms with Crippen molar-refractivity contribution in [3.63, 3.8) is 0 Å². The van der Waals surface area contributed by atoms with Crippen LogP contribution < -0.4 is 0 Å². The number of nitrogens with zero attached hydrogens (tertiary/aromatic N) is 1. The van der Waals surface area contributed by atoms with Gasteiger partial charge in [0.2, 0.25) is 0 Å². The molecule has 3 rings (SSSR count). The summed E-state index contributed by atoms with van der Waals surface area (Å²) in [4.78, 5) is 24.9. The quantitative estimate of drug-likeness (QED) is 0.940. The van der Waals surface area contributed by atoms with Crippen molar-refractivity contribution in [3.05, 3.63) is 59.5 Å². The van der Waals surface area contributed by atoms with Crippen LogP contribution in [-0.4, -0.2) is 41.6 Å². The largest absolute Gasteiger partial charge is 0.478 e. The topological polar surface area (TPSA) is 80.0 Å². The van der Waals surface area contributed by atoms with Crippen LogP contribution in [0.15, 0.2) is 47.1 Å². The molecule has 6 heteroatoms. The van der Waals surface area contributed by atoms with Gasteiger partial charge in [-0.2, -0.15) is 0 Å². The lowest BCUT2D eigenvalue weighted by Gasteiger charge is -2.32. The van der Waals surface area contributed by atoms with E-state index >= 15 is 0 Å². The van der Waals surface area contributed by atoms with Gasteiger partial charge in [-0.1, -0.05) is 30.3 Å². The third kappa shape index (κ3) is 2.87. The monoisotopic (exact) mass is 301 g/mol. The van der Waals surface area contributed by atoms with Gasteiger partial charge in [0.05, 0.1) is 18.7 Å². The minimum atomic E-state index is -1.12. The van der Waals surface area contributed by atoms with E-state index in [2.05, 4.69) is 0 Å². The molecule has 6 nitrogen and oxygen atoms in total. The predicted molar refractivity (Wildman–Crippen MR) is 76.7 cm³/mol. The van der Waals surface area contributed by atoms with Gasteiger partial charge in [-0.25, -0.2) is 4.79 Å². The highest BCUT2D eigenvalue weighted by Crippen LogP contribution is 2.23. The van der Waals surface area contributed by atoms with Gasteiger partial charge >= 0.3 is 5.97 Å². The molecular weight excluding hydrogens is 286 g/mol. The van der Waals surface area contributed by atoms with Crippen molar-refractivity contribution in [2.24, 2.45) is 0 Å². The van der Waals surface area contributed by atoms with Crippen LogP contribution in [-0.2, 0) is 4.74 Å². The van der Waals surface area contributed by atoms with Crippen molar-refractivity contribution in [2.75, 3.05) is 19.7 Å². The Kier molecular flexibility index (Phi) is 3.93. The van der Waals surface area contributed by atoms with Crippen LogP contribution in [0.1, 0.15) is 32.6 Å². The molecule has 1 unspecified atom stereocenters. The Hall–Kier alpha value is -2.60. The fraction of sp³-hybridized carbons (Fsp3) is 0.250. The molecule has 2 aromatic rings. The number of carboxylic acids is 1. The average molecular weight is 301 g/mol. The summed E-state index contributed by atoms with van der Waals surface area (Å²) in [5.41, 5.74) is 0.974. The Labute approximate surface area is 126 Å². The summed E-state index contributed by atoms with van der Waals surface area (Å²) in [6.07, 6.45) is 0.887.